The zero-order valence-electron chi connectivity index (χ0n) is 16.7. The van der Waals surface area contributed by atoms with E-state index >= 15 is 0 Å². The van der Waals surface area contributed by atoms with Crippen molar-refractivity contribution < 1.29 is 17.6 Å². The molecule has 2 aromatic rings. The summed E-state index contributed by atoms with van der Waals surface area (Å²) in [6.45, 7) is 4.60. The predicted molar refractivity (Wildman–Crippen MR) is 110 cm³/mol. The second-order valence-corrected chi connectivity index (χ2v) is 9.53. The summed E-state index contributed by atoms with van der Waals surface area (Å²) in [7, 11) is -3.20. The number of nitrogens with zero attached hydrogens (tertiary/aromatic N) is 2. The Hall–Kier alpha value is -2.32. The highest BCUT2D eigenvalue weighted by atomic mass is 32.2. The molecule has 0 spiro atoms. The summed E-state index contributed by atoms with van der Waals surface area (Å²) in [5.41, 5.74) is 2.68. The summed E-state index contributed by atoms with van der Waals surface area (Å²) in [4.78, 5) is 17.4. The van der Waals surface area contributed by atoms with E-state index in [1.54, 1.807) is 31.2 Å². The van der Waals surface area contributed by atoms with Gasteiger partial charge in [0.1, 0.15) is 5.82 Å². The van der Waals surface area contributed by atoms with Gasteiger partial charge in [0.15, 0.2) is 0 Å². The molecule has 0 saturated carbocycles. The molecular weight excluding hydrogens is 393 g/mol. The van der Waals surface area contributed by atoms with Crippen LogP contribution in [0.25, 0.3) is 0 Å². The second kappa shape index (κ2) is 9.00. The lowest BCUT2D eigenvalue weighted by Gasteiger charge is -2.31. The molecule has 1 aromatic carbocycles. The summed E-state index contributed by atoms with van der Waals surface area (Å²) < 4.78 is 39.0. The smallest absolute Gasteiger partial charge is 0.253 e. The van der Waals surface area contributed by atoms with E-state index in [9.17, 15) is 17.6 Å². The zero-order chi connectivity index (χ0) is 21.0. The number of rotatable bonds is 6. The lowest BCUT2D eigenvalue weighted by molar-refractivity contribution is 0.0948. The monoisotopic (exact) mass is 419 g/mol. The van der Waals surface area contributed by atoms with Crippen LogP contribution in [0, 0.1) is 12.7 Å². The summed E-state index contributed by atoms with van der Waals surface area (Å²) in [6.07, 6.45) is 1.25. The van der Waals surface area contributed by atoms with Crippen LogP contribution in [0.4, 0.5) is 4.39 Å². The number of benzene rings is 1. The molecule has 0 bridgehead atoms. The molecule has 3 rings (SSSR count). The molecule has 1 amide bonds. The van der Waals surface area contributed by atoms with E-state index in [-0.39, 0.29) is 29.9 Å². The largest absolute Gasteiger partial charge is 0.348 e. The van der Waals surface area contributed by atoms with Crippen LogP contribution >= 0.6 is 0 Å². The Kier molecular flexibility index (Phi) is 6.64. The van der Waals surface area contributed by atoms with Gasteiger partial charge in [-0.25, -0.2) is 17.1 Å². The average Bonchev–Trinajstić information content (AvgIpc) is 2.72. The first-order valence-corrected chi connectivity index (χ1v) is 11.4. The highest BCUT2D eigenvalue weighted by Gasteiger charge is 2.30. The van der Waals surface area contributed by atoms with Crippen molar-refractivity contribution in [2.75, 3.05) is 18.8 Å². The fourth-order valence-electron chi connectivity index (χ4n) is 3.59. The Labute approximate surface area is 171 Å². The fraction of sp³-hybridized carbons (Fsp3) is 0.429. The minimum atomic E-state index is -3.20. The van der Waals surface area contributed by atoms with Crippen molar-refractivity contribution in [1.29, 1.82) is 0 Å². The van der Waals surface area contributed by atoms with Gasteiger partial charge < -0.3 is 5.32 Å². The Bertz CT molecular complexity index is 986. The maximum atomic E-state index is 13.3. The van der Waals surface area contributed by atoms with E-state index in [4.69, 9.17) is 0 Å². The van der Waals surface area contributed by atoms with Gasteiger partial charge in [0.25, 0.3) is 5.91 Å². The molecule has 6 nitrogen and oxygen atoms in total. The Morgan fingerprint density at radius 3 is 2.62 bits per heavy atom. The molecule has 0 aliphatic carbocycles. The number of aromatic nitrogens is 1. The molecule has 8 heteroatoms. The number of piperidine rings is 1. The van der Waals surface area contributed by atoms with E-state index in [0.29, 0.717) is 42.8 Å². The Morgan fingerprint density at radius 1 is 1.24 bits per heavy atom. The van der Waals surface area contributed by atoms with Gasteiger partial charge in [0.2, 0.25) is 10.0 Å². The van der Waals surface area contributed by atoms with Gasteiger partial charge in [-0.2, -0.15) is 0 Å². The normalized spacial score (nSPS) is 16.0. The summed E-state index contributed by atoms with van der Waals surface area (Å²) in [5, 5.41) is 2.83. The summed E-state index contributed by atoms with van der Waals surface area (Å²) >= 11 is 0. The van der Waals surface area contributed by atoms with Crippen LogP contribution in [0.15, 0.2) is 36.4 Å². The van der Waals surface area contributed by atoms with E-state index in [0.717, 1.165) is 5.69 Å². The van der Waals surface area contributed by atoms with E-state index < -0.39 is 10.0 Å². The average molecular weight is 420 g/mol. The van der Waals surface area contributed by atoms with Gasteiger partial charge in [0.05, 0.1) is 17.0 Å². The van der Waals surface area contributed by atoms with Crippen LogP contribution in [-0.4, -0.2) is 42.5 Å². The maximum Gasteiger partial charge on any atom is 0.253 e. The number of carbonyl (C=O) groups excluding carboxylic acids is 1. The van der Waals surface area contributed by atoms with E-state index in [1.165, 1.54) is 16.4 Å². The molecule has 0 unspecified atom stereocenters. The van der Waals surface area contributed by atoms with Gasteiger partial charge in [-0.15, -0.1) is 0 Å². The highest BCUT2D eigenvalue weighted by molar-refractivity contribution is 7.89. The quantitative estimate of drug-likeness (QED) is 0.781. The molecule has 156 valence electrons. The number of aryl methyl sites for hydroxylation is 1. The van der Waals surface area contributed by atoms with Gasteiger partial charge in [-0.3, -0.25) is 9.78 Å². The third-order valence-corrected chi connectivity index (χ3v) is 7.13. The van der Waals surface area contributed by atoms with Crippen molar-refractivity contribution in [3.05, 3.63) is 64.7 Å². The lowest BCUT2D eigenvalue weighted by Crippen LogP contribution is -2.39. The number of pyridine rings is 1. The topological polar surface area (TPSA) is 79.4 Å². The zero-order valence-corrected chi connectivity index (χ0v) is 17.5. The van der Waals surface area contributed by atoms with Crippen LogP contribution in [0.1, 0.15) is 53.0 Å². The number of sulfonamides is 1. The summed E-state index contributed by atoms with van der Waals surface area (Å²) in [5.74, 6) is -0.495. The number of amides is 1. The number of nitrogens with one attached hydrogen (secondary N) is 1. The minimum Gasteiger partial charge on any atom is -0.348 e. The Morgan fingerprint density at radius 2 is 1.97 bits per heavy atom. The van der Waals surface area contributed by atoms with Crippen molar-refractivity contribution in [2.45, 2.75) is 39.2 Å². The van der Waals surface area contributed by atoms with Crippen LogP contribution in [0.2, 0.25) is 0 Å². The van der Waals surface area contributed by atoms with Crippen molar-refractivity contribution in [2.24, 2.45) is 0 Å². The molecule has 2 heterocycles. The molecule has 29 heavy (non-hydrogen) atoms. The fourth-order valence-corrected chi connectivity index (χ4v) is 4.73. The van der Waals surface area contributed by atoms with Crippen molar-refractivity contribution >= 4 is 15.9 Å². The SMILES string of the molecule is CCS(=O)(=O)N1CCC(c2nc(C)ccc2C(=O)NCc2cccc(F)c2)CC1. The molecule has 1 aliphatic rings. The maximum absolute atomic E-state index is 13.3. The molecule has 1 fully saturated rings. The third kappa shape index (κ3) is 5.19. The van der Waals surface area contributed by atoms with Crippen LogP contribution in [0.3, 0.4) is 0 Å². The standard InChI is InChI=1S/C21H26FN3O3S/c1-3-29(27,28)25-11-9-17(10-12-25)20-19(8-7-15(2)24-20)21(26)23-14-16-5-4-6-18(22)13-16/h4-8,13,17H,3,9-12,14H2,1-2H3,(H,23,26). The van der Waals surface area contributed by atoms with Crippen molar-refractivity contribution in [1.82, 2.24) is 14.6 Å². The van der Waals surface area contributed by atoms with E-state index in [1.807, 2.05) is 6.92 Å². The molecule has 1 N–H and O–H groups in total. The van der Waals surface area contributed by atoms with Gasteiger partial charge in [-0.05, 0) is 56.5 Å². The first kappa shape index (κ1) is 21.4. The highest BCUT2D eigenvalue weighted by Crippen LogP contribution is 2.30. The first-order valence-electron chi connectivity index (χ1n) is 9.78. The number of carbonyl (C=O) groups is 1. The molecular formula is C21H26FN3O3S. The molecule has 1 saturated heterocycles. The number of hydrogen-bond donors (Lipinski definition) is 1. The number of hydrogen-bond acceptors (Lipinski definition) is 4. The third-order valence-electron chi connectivity index (χ3n) is 5.25. The lowest BCUT2D eigenvalue weighted by atomic mass is 9.90. The van der Waals surface area contributed by atoms with Crippen molar-refractivity contribution in [3.63, 3.8) is 0 Å². The van der Waals surface area contributed by atoms with Gasteiger partial charge in [-0.1, -0.05) is 12.1 Å². The van der Waals surface area contributed by atoms with Gasteiger partial charge >= 0.3 is 0 Å². The van der Waals surface area contributed by atoms with Crippen LogP contribution in [0.5, 0.6) is 0 Å². The Balaban J connectivity index is 1.73. The molecule has 0 radical (unpaired) electrons. The van der Waals surface area contributed by atoms with Crippen LogP contribution in [-0.2, 0) is 16.6 Å². The van der Waals surface area contributed by atoms with Gasteiger partial charge in [0, 0.05) is 31.2 Å². The molecule has 1 aliphatic heterocycles. The predicted octanol–water partition coefficient (Wildman–Crippen LogP) is 2.99. The van der Waals surface area contributed by atoms with E-state index in [2.05, 4.69) is 10.3 Å². The molecule has 1 aromatic heterocycles. The first-order chi connectivity index (χ1) is 13.8. The van der Waals surface area contributed by atoms with Crippen LogP contribution < -0.4 is 5.32 Å². The molecule has 0 atom stereocenters. The van der Waals surface area contributed by atoms with Crippen molar-refractivity contribution in [3.8, 4) is 0 Å². The minimum absolute atomic E-state index is 0.0214. The number of halogens is 1. The second-order valence-electron chi connectivity index (χ2n) is 7.27. The summed E-state index contributed by atoms with van der Waals surface area (Å²) in [6, 6.07) is 9.65.